The van der Waals surface area contributed by atoms with E-state index < -0.39 is 24.4 Å². The van der Waals surface area contributed by atoms with Crippen molar-refractivity contribution in [2.45, 2.75) is 24.9 Å². The Labute approximate surface area is 121 Å². The Morgan fingerprint density at radius 2 is 1.81 bits per heavy atom. The van der Waals surface area contributed by atoms with Crippen LogP contribution in [-0.2, 0) is 4.79 Å². The number of carbonyl (C=O) groups is 1. The van der Waals surface area contributed by atoms with Crippen LogP contribution < -0.4 is 10.2 Å². The van der Waals surface area contributed by atoms with Gasteiger partial charge in [0, 0.05) is 37.7 Å². The van der Waals surface area contributed by atoms with E-state index in [9.17, 15) is 18.0 Å². The zero-order valence-electron chi connectivity index (χ0n) is 11.5. The average molecular weight is 298 g/mol. The van der Waals surface area contributed by atoms with Crippen molar-refractivity contribution in [3.05, 3.63) is 29.8 Å². The van der Waals surface area contributed by atoms with Crippen LogP contribution in [0.4, 0.5) is 18.9 Å². The average Bonchev–Trinajstić information content (AvgIpc) is 2.37. The largest absolute Gasteiger partial charge is 0.392 e. The van der Waals surface area contributed by atoms with E-state index in [1.54, 1.807) is 0 Å². The summed E-state index contributed by atoms with van der Waals surface area (Å²) in [7, 11) is 0. The highest BCUT2D eigenvalue weighted by Crippen LogP contribution is 2.36. The molecular formula is C15H17F3N2O. The van der Waals surface area contributed by atoms with E-state index in [0.717, 1.165) is 13.1 Å². The fourth-order valence-corrected chi connectivity index (χ4v) is 2.84. The Kier molecular flexibility index (Phi) is 3.65. The highest BCUT2D eigenvalue weighted by molar-refractivity contribution is 5.94. The van der Waals surface area contributed by atoms with Crippen LogP contribution in [0.2, 0.25) is 0 Å². The predicted octanol–water partition coefficient (Wildman–Crippen LogP) is 2.68. The normalized spacial score (nSPS) is 24.0. The lowest BCUT2D eigenvalue weighted by Crippen LogP contribution is -2.43. The van der Waals surface area contributed by atoms with Crippen LogP contribution in [0, 0.1) is 5.92 Å². The summed E-state index contributed by atoms with van der Waals surface area (Å²) in [5, 5.41) is 3.19. The number of halogens is 3. The van der Waals surface area contributed by atoms with Gasteiger partial charge in [-0.05, 0) is 24.1 Å². The number of rotatable bonds is 2. The van der Waals surface area contributed by atoms with E-state index in [1.165, 1.54) is 10.5 Å². The third-order valence-corrected chi connectivity index (χ3v) is 4.34. The monoisotopic (exact) mass is 298 g/mol. The van der Waals surface area contributed by atoms with Gasteiger partial charge in [-0.1, -0.05) is 12.1 Å². The fraction of sp³-hybridized carbons (Fsp3) is 0.533. The molecule has 0 radical (unpaired) electrons. The molecule has 0 aromatic heterocycles. The van der Waals surface area contributed by atoms with E-state index in [4.69, 9.17) is 0 Å². The van der Waals surface area contributed by atoms with Crippen LogP contribution in [0.15, 0.2) is 24.3 Å². The van der Waals surface area contributed by atoms with Crippen molar-refractivity contribution in [1.29, 1.82) is 0 Å². The maximum atomic E-state index is 12.7. The quantitative estimate of drug-likeness (QED) is 0.910. The Balaban J connectivity index is 1.68. The van der Waals surface area contributed by atoms with E-state index in [1.807, 2.05) is 24.3 Å². The number of hydrogen-bond donors (Lipinski definition) is 1. The molecule has 2 fully saturated rings. The number of carbonyl (C=O) groups excluding carboxylic acids is 1. The first kappa shape index (κ1) is 14.4. The van der Waals surface area contributed by atoms with Crippen molar-refractivity contribution < 1.29 is 18.0 Å². The van der Waals surface area contributed by atoms with E-state index >= 15 is 0 Å². The molecule has 21 heavy (non-hydrogen) atoms. The Morgan fingerprint density at radius 1 is 1.14 bits per heavy atom. The molecule has 0 saturated carbocycles. The van der Waals surface area contributed by atoms with E-state index in [0.29, 0.717) is 11.6 Å². The Hall–Kier alpha value is -1.56. The van der Waals surface area contributed by atoms with Crippen molar-refractivity contribution in [3.8, 4) is 0 Å². The number of nitrogens with one attached hydrogen (secondary N) is 1. The van der Waals surface area contributed by atoms with Gasteiger partial charge < -0.3 is 10.2 Å². The molecule has 3 nitrogen and oxygen atoms in total. The van der Waals surface area contributed by atoms with Crippen molar-refractivity contribution in [1.82, 2.24) is 5.32 Å². The lowest BCUT2D eigenvalue weighted by atomic mass is 9.92. The molecule has 1 amide bonds. The summed E-state index contributed by atoms with van der Waals surface area (Å²) in [6.45, 7) is 2.04. The number of hydrogen-bond acceptors (Lipinski definition) is 2. The minimum absolute atomic E-state index is 0.0243. The van der Waals surface area contributed by atoms with Crippen molar-refractivity contribution in [2.24, 2.45) is 5.92 Å². The second kappa shape index (κ2) is 5.33. The lowest BCUT2D eigenvalue weighted by Gasteiger charge is -2.33. The van der Waals surface area contributed by atoms with Gasteiger partial charge in [0.15, 0.2) is 0 Å². The molecule has 1 aromatic carbocycles. The molecule has 3 rings (SSSR count). The number of piperidine rings is 1. The SMILES string of the molecule is O=C1C[C@H](C(F)(F)F)CCN1c1ccc(C2CNC2)cc1. The Bertz CT molecular complexity index is 523. The van der Waals surface area contributed by atoms with Crippen LogP contribution >= 0.6 is 0 Å². The van der Waals surface area contributed by atoms with Crippen LogP contribution in [0.5, 0.6) is 0 Å². The molecule has 2 aliphatic heterocycles. The summed E-state index contributed by atoms with van der Waals surface area (Å²) in [5.41, 5.74) is 1.90. The minimum atomic E-state index is -4.27. The maximum Gasteiger partial charge on any atom is 0.392 e. The highest BCUT2D eigenvalue weighted by Gasteiger charge is 2.44. The molecule has 1 N–H and O–H groups in total. The Morgan fingerprint density at radius 3 is 2.29 bits per heavy atom. The highest BCUT2D eigenvalue weighted by atomic mass is 19.4. The molecule has 0 unspecified atom stereocenters. The predicted molar refractivity (Wildman–Crippen MR) is 73.2 cm³/mol. The molecule has 2 aliphatic rings. The molecule has 0 aliphatic carbocycles. The minimum Gasteiger partial charge on any atom is -0.315 e. The van der Waals surface area contributed by atoms with Crippen LogP contribution in [-0.4, -0.2) is 31.7 Å². The molecule has 0 spiro atoms. The van der Waals surface area contributed by atoms with Crippen molar-refractivity contribution in [3.63, 3.8) is 0 Å². The number of benzene rings is 1. The molecule has 2 heterocycles. The van der Waals surface area contributed by atoms with E-state index in [-0.39, 0.29) is 13.0 Å². The summed E-state index contributed by atoms with van der Waals surface area (Å²) >= 11 is 0. The third-order valence-electron chi connectivity index (χ3n) is 4.34. The van der Waals surface area contributed by atoms with Gasteiger partial charge in [0.25, 0.3) is 0 Å². The molecular weight excluding hydrogens is 281 g/mol. The second-order valence-corrected chi connectivity index (χ2v) is 5.72. The molecule has 114 valence electrons. The van der Waals surface area contributed by atoms with Gasteiger partial charge in [-0.2, -0.15) is 13.2 Å². The van der Waals surface area contributed by atoms with Crippen molar-refractivity contribution >= 4 is 11.6 Å². The zero-order valence-corrected chi connectivity index (χ0v) is 11.5. The number of nitrogens with zero attached hydrogens (tertiary/aromatic N) is 1. The summed E-state index contributed by atoms with van der Waals surface area (Å²) < 4.78 is 38.0. The molecule has 6 heteroatoms. The van der Waals surface area contributed by atoms with Crippen LogP contribution in [0.1, 0.15) is 24.3 Å². The van der Waals surface area contributed by atoms with Crippen LogP contribution in [0.3, 0.4) is 0 Å². The van der Waals surface area contributed by atoms with Gasteiger partial charge in [0.2, 0.25) is 5.91 Å². The molecule has 0 bridgehead atoms. The number of amides is 1. The standard InChI is InChI=1S/C15H17F3N2O/c16-15(17,18)12-5-6-20(14(21)7-12)13-3-1-10(2-4-13)11-8-19-9-11/h1-4,11-12,19H,5-9H2/t12-/m1/s1. The topological polar surface area (TPSA) is 32.3 Å². The zero-order chi connectivity index (χ0) is 15.0. The molecule has 1 aromatic rings. The lowest BCUT2D eigenvalue weighted by molar-refractivity contribution is -0.182. The summed E-state index contributed by atoms with van der Waals surface area (Å²) in [4.78, 5) is 13.4. The smallest absolute Gasteiger partial charge is 0.315 e. The first-order valence-corrected chi connectivity index (χ1v) is 7.13. The number of alkyl halides is 3. The second-order valence-electron chi connectivity index (χ2n) is 5.72. The maximum absolute atomic E-state index is 12.7. The first-order valence-electron chi connectivity index (χ1n) is 7.13. The molecule has 2 saturated heterocycles. The number of anilines is 1. The summed E-state index contributed by atoms with van der Waals surface area (Å²) in [6.07, 6.45) is -4.75. The molecule has 1 atom stereocenters. The van der Waals surface area contributed by atoms with Crippen LogP contribution in [0.25, 0.3) is 0 Å². The van der Waals surface area contributed by atoms with Gasteiger partial charge in [-0.3, -0.25) is 4.79 Å². The van der Waals surface area contributed by atoms with Gasteiger partial charge in [-0.15, -0.1) is 0 Å². The summed E-state index contributed by atoms with van der Waals surface area (Å²) in [5.74, 6) is -1.44. The van der Waals surface area contributed by atoms with Gasteiger partial charge in [-0.25, -0.2) is 0 Å². The third kappa shape index (κ3) is 2.90. The first-order chi connectivity index (χ1) is 9.95. The van der Waals surface area contributed by atoms with Gasteiger partial charge in [0.1, 0.15) is 0 Å². The van der Waals surface area contributed by atoms with Crippen molar-refractivity contribution in [2.75, 3.05) is 24.5 Å². The van der Waals surface area contributed by atoms with Gasteiger partial charge in [0.05, 0.1) is 5.92 Å². The summed E-state index contributed by atoms with van der Waals surface area (Å²) in [6, 6.07) is 7.59. The fourth-order valence-electron chi connectivity index (χ4n) is 2.84. The van der Waals surface area contributed by atoms with E-state index in [2.05, 4.69) is 5.32 Å². The van der Waals surface area contributed by atoms with Gasteiger partial charge >= 0.3 is 6.18 Å².